The quantitative estimate of drug-likeness (QED) is 0.803. The van der Waals surface area contributed by atoms with Crippen LogP contribution < -0.4 is 10.2 Å². The predicted octanol–water partition coefficient (Wildman–Crippen LogP) is 2.74. The molecule has 1 unspecified atom stereocenters. The highest BCUT2D eigenvalue weighted by atomic mass is 16.5. The summed E-state index contributed by atoms with van der Waals surface area (Å²) in [7, 11) is 1.64. The summed E-state index contributed by atoms with van der Waals surface area (Å²) < 4.78 is 5.39. The molecular formula is C22H30N2O2. The van der Waals surface area contributed by atoms with Crippen molar-refractivity contribution >= 4 is 5.69 Å². The van der Waals surface area contributed by atoms with E-state index in [0.717, 1.165) is 43.7 Å². The number of nitrogens with one attached hydrogen (secondary N) is 1. The molecule has 1 aliphatic rings. The van der Waals surface area contributed by atoms with Crippen molar-refractivity contribution in [1.29, 1.82) is 0 Å². The van der Waals surface area contributed by atoms with Crippen LogP contribution in [0, 0.1) is 0 Å². The molecule has 0 radical (unpaired) electrons. The van der Waals surface area contributed by atoms with Gasteiger partial charge in [0.25, 0.3) is 0 Å². The highest BCUT2D eigenvalue weighted by Gasteiger charge is 2.30. The Bertz CT molecular complexity index is 699. The van der Waals surface area contributed by atoms with E-state index < -0.39 is 5.60 Å². The molecular weight excluding hydrogens is 324 g/mol. The highest BCUT2D eigenvalue weighted by Crippen LogP contribution is 2.31. The van der Waals surface area contributed by atoms with Gasteiger partial charge in [0, 0.05) is 45.4 Å². The zero-order valence-electron chi connectivity index (χ0n) is 15.9. The predicted molar refractivity (Wildman–Crippen MR) is 107 cm³/mol. The summed E-state index contributed by atoms with van der Waals surface area (Å²) in [5.74, 6) is 0. The molecule has 0 bridgehead atoms. The normalized spacial score (nSPS) is 17.1. The molecule has 140 valence electrons. The molecule has 0 amide bonds. The van der Waals surface area contributed by atoms with Crippen LogP contribution in [0.3, 0.4) is 0 Å². The number of aryl methyl sites for hydroxylation is 1. The van der Waals surface area contributed by atoms with Crippen LogP contribution in [0.2, 0.25) is 0 Å². The fourth-order valence-electron chi connectivity index (χ4n) is 3.78. The number of methoxy groups -OCH3 is 1. The monoisotopic (exact) mass is 354 g/mol. The number of nitrogens with zero attached hydrogens (tertiary/aromatic N) is 1. The Morgan fingerprint density at radius 3 is 2.50 bits per heavy atom. The third-order valence-electron chi connectivity index (χ3n) is 5.18. The first-order valence-corrected chi connectivity index (χ1v) is 9.50. The fraction of sp³-hybridized carbons (Fsp3) is 0.455. The average Bonchev–Trinajstić information content (AvgIpc) is 2.69. The van der Waals surface area contributed by atoms with Gasteiger partial charge >= 0.3 is 0 Å². The summed E-state index contributed by atoms with van der Waals surface area (Å²) in [5, 5.41) is 14.8. The molecule has 1 atom stereocenters. The maximum atomic E-state index is 11.4. The Labute approximate surface area is 156 Å². The van der Waals surface area contributed by atoms with Crippen LogP contribution in [0.5, 0.6) is 0 Å². The minimum atomic E-state index is -1.03. The Morgan fingerprint density at radius 2 is 1.85 bits per heavy atom. The van der Waals surface area contributed by atoms with Gasteiger partial charge in [0.2, 0.25) is 0 Å². The molecule has 0 saturated carbocycles. The first kappa shape index (κ1) is 18.9. The van der Waals surface area contributed by atoms with E-state index in [1.54, 1.807) is 7.11 Å². The number of rotatable bonds is 7. The second kappa shape index (κ2) is 8.67. The number of piperazine rings is 1. The topological polar surface area (TPSA) is 44.7 Å². The lowest BCUT2D eigenvalue weighted by atomic mass is 9.86. The van der Waals surface area contributed by atoms with Crippen molar-refractivity contribution in [2.75, 3.05) is 44.8 Å². The van der Waals surface area contributed by atoms with E-state index in [0.29, 0.717) is 6.42 Å². The lowest BCUT2D eigenvalue weighted by molar-refractivity contribution is -0.0355. The van der Waals surface area contributed by atoms with Crippen molar-refractivity contribution in [2.24, 2.45) is 0 Å². The maximum absolute atomic E-state index is 11.4. The molecule has 0 aliphatic carbocycles. The Hall–Kier alpha value is -1.88. The first-order valence-electron chi connectivity index (χ1n) is 9.50. The van der Waals surface area contributed by atoms with E-state index >= 15 is 0 Å². The fourth-order valence-corrected chi connectivity index (χ4v) is 3.78. The van der Waals surface area contributed by atoms with Gasteiger partial charge in [0.15, 0.2) is 0 Å². The van der Waals surface area contributed by atoms with Gasteiger partial charge < -0.3 is 20.1 Å². The molecule has 4 heteroatoms. The molecule has 3 rings (SSSR count). The molecule has 0 spiro atoms. The number of hydrogen-bond donors (Lipinski definition) is 2. The lowest BCUT2D eigenvalue weighted by Gasteiger charge is -2.33. The number of anilines is 1. The van der Waals surface area contributed by atoms with Crippen molar-refractivity contribution in [3.63, 3.8) is 0 Å². The van der Waals surface area contributed by atoms with Gasteiger partial charge in [-0.15, -0.1) is 0 Å². The van der Waals surface area contributed by atoms with Crippen molar-refractivity contribution in [2.45, 2.75) is 25.4 Å². The maximum Gasteiger partial charge on any atom is 0.117 e. The lowest BCUT2D eigenvalue weighted by Crippen LogP contribution is -2.44. The molecule has 0 aromatic heterocycles. The van der Waals surface area contributed by atoms with Gasteiger partial charge in [0.1, 0.15) is 5.60 Å². The summed E-state index contributed by atoms with van der Waals surface area (Å²) in [6, 6.07) is 16.5. The van der Waals surface area contributed by atoms with Crippen molar-refractivity contribution in [3.8, 4) is 0 Å². The van der Waals surface area contributed by atoms with Crippen molar-refractivity contribution in [3.05, 3.63) is 65.2 Å². The van der Waals surface area contributed by atoms with Gasteiger partial charge in [-0.25, -0.2) is 0 Å². The molecule has 2 aromatic rings. The van der Waals surface area contributed by atoms with E-state index in [1.807, 2.05) is 18.2 Å². The average molecular weight is 354 g/mol. The number of aliphatic hydroxyl groups is 1. The van der Waals surface area contributed by atoms with E-state index in [9.17, 15) is 5.11 Å². The summed E-state index contributed by atoms with van der Waals surface area (Å²) in [5.41, 5.74) is 3.58. The molecule has 26 heavy (non-hydrogen) atoms. The standard InChI is InChI=1S/C22H30N2O2/c1-3-19-15-20(9-10-21(19)24-13-11-23-12-14-24)22(25,17-26-2)16-18-7-5-4-6-8-18/h4-10,15,23,25H,3,11-14,16-17H2,1-2H3. The van der Waals surface area contributed by atoms with Crippen molar-refractivity contribution in [1.82, 2.24) is 5.32 Å². The molecule has 1 heterocycles. The highest BCUT2D eigenvalue weighted by molar-refractivity contribution is 5.56. The van der Waals surface area contributed by atoms with Gasteiger partial charge in [-0.1, -0.05) is 49.4 Å². The van der Waals surface area contributed by atoms with Crippen LogP contribution in [-0.2, 0) is 23.2 Å². The van der Waals surface area contributed by atoms with E-state index in [-0.39, 0.29) is 6.61 Å². The van der Waals surface area contributed by atoms with Gasteiger partial charge in [0.05, 0.1) is 6.61 Å². The first-order chi connectivity index (χ1) is 12.7. The molecule has 1 aliphatic heterocycles. The summed E-state index contributed by atoms with van der Waals surface area (Å²) in [6.45, 7) is 6.55. The van der Waals surface area contributed by atoms with Gasteiger partial charge in [-0.2, -0.15) is 0 Å². The van der Waals surface area contributed by atoms with E-state index in [2.05, 4.69) is 47.5 Å². The molecule has 1 saturated heterocycles. The number of hydrogen-bond acceptors (Lipinski definition) is 4. The van der Waals surface area contributed by atoms with E-state index in [4.69, 9.17) is 4.74 Å². The summed E-state index contributed by atoms with van der Waals surface area (Å²) in [4.78, 5) is 2.44. The van der Waals surface area contributed by atoms with Crippen LogP contribution in [0.4, 0.5) is 5.69 Å². The summed E-state index contributed by atoms with van der Waals surface area (Å²) >= 11 is 0. The number of ether oxygens (including phenoxy) is 1. The third-order valence-corrected chi connectivity index (χ3v) is 5.18. The minimum Gasteiger partial charge on any atom is -0.382 e. The Balaban J connectivity index is 1.91. The number of benzene rings is 2. The molecule has 2 N–H and O–H groups in total. The van der Waals surface area contributed by atoms with E-state index in [1.165, 1.54) is 11.3 Å². The zero-order valence-corrected chi connectivity index (χ0v) is 15.9. The molecule has 1 fully saturated rings. The summed E-state index contributed by atoms with van der Waals surface area (Å²) in [6.07, 6.45) is 1.49. The van der Waals surface area contributed by atoms with Crippen LogP contribution in [-0.4, -0.2) is 45.0 Å². The van der Waals surface area contributed by atoms with Gasteiger partial charge in [-0.3, -0.25) is 0 Å². The van der Waals surface area contributed by atoms with Gasteiger partial charge in [-0.05, 0) is 29.2 Å². The molecule has 2 aromatic carbocycles. The van der Waals surface area contributed by atoms with Crippen LogP contribution in [0.1, 0.15) is 23.6 Å². The second-order valence-electron chi connectivity index (χ2n) is 7.06. The van der Waals surface area contributed by atoms with Crippen LogP contribution in [0.15, 0.2) is 48.5 Å². The van der Waals surface area contributed by atoms with Crippen LogP contribution >= 0.6 is 0 Å². The zero-order chi connectivity index (χ0) is 18.4. The Kier molecular flexibility index (Phi) is 6.30. The Morgan fingerprint density at radius 1 is 1.12 bits per heavy atom. The molecule has 4 nitrogen and oxygen atoms in total. The smallest absolute Gasteiger partial charge is 0.117 e. The third kappa shape index (κ3) is 4.26. The minimum absolute atomic E-state index is 0.276. The second-order valence-corrected chi connectivity index (χ2v) is 7.06. The van der Waals surface area contributed by atoms with Crippen molar-refractivity contribution < 1.29 is 9.84 Å². The SMILES string of the molecule is CCc1cc(C(O)(COC)Cc2ccccc2)ccc1N1CCNCC1. The van der Waals surface area contributed by atoms with Crippen LogP contribution in [0.25, 0.3) is 0 Å². The largest absolute Gasteiger partial charge is 0.382 e.